The Hall–Kier alpha value is -3.08. The molecule has 0 saturated heterocycles. The van der Waals surface area contributed by atoms with Gasteiger partial charge in [-0.15, -0.1) is 0 Å². The van der Waals surface area contributed by atoms with E-state index in [1.54, 1.807) is 0 Å². The molecule has 0 saturated carbocycles. The first kappa shape index (κ1) is 30.1. The highest BCUT2D eigenvalue weighted by Crippen LogP contribution is 2.16. The molecule has 1 amide bonds. The number of carboxylic acid groups (broad SMARTS) is 1. The summed E-state index contributed by atoms with van der Waals surface area (Å²) in [4.78, 5) is 26.0. The summed E-state index contributed by atoms with van der Waals surface area (Å²) >= 11 is 0. The van der Waals surface area contributed by atoms with Crippen LogP contribution < -0.4 is 0 Å². The van der Waals surface area contributed by atoms with Crippen LogP contribution >= 0.6 is 0 Å². The summed E-state index contributed by atoms with van der Waals surface area (Å²) in [5.74, 6) is -9.10. The summed E-state index contributed by atoms with van der Waals surface area (Å²) in [6, 6.07) is 2.22. The molecule has 0 radical (unpaired) electrons. The molecule has 5 nitrogen and oxygen atoms in total. The van der Waals surface area contributed by atoms with Gasteiger partial charge in [0.2, 0.25) is 5.91 Å². The van der Waals surface area contributed by atoms with E-state index in [2.05, 4.69) is 4.84 Å². The van der Waals surface area contributed by atoms with Crippen molar-refractivity contribution in [2.24, 2.45) is 0 Å². The number of halogens is 6. The first-order chi connectivity index (χ1) is 13.5. The number of hydrogen-bond acceptors (Lipinski definition) is 3. The zero-order chi connectivity index (χ0) is 22.3. The van der Waals surface area contributed by atoms with E-state index in [1.165, 1.54) is 14.2 Å². The average Bonchev–Trinajstić information content (AvgIpc) is 2.62. The summed E-state index contributed by atoms with van der Waals surface area (Å²) in [5.41, 5.74) is -0.837. The number of benzene rings is 2. The molecule has 0 unspecified atom stereocenters. The van der Waals surface area contributed by atoms with Gasteiger partial charge in [0.15, 0.2) is 23.3 Å². The normalized spacial score (nSPS) is 9.55. The Bertz CT molecular complexity index is 908. The van der Waals surface area contributed by atoms with Gasteiger partial charge in [-0.05, 0) is 12.1 Å². The maximum Gasteiger partial charge on any atom is 0.307 e. The number of amides is 1. The topological polar surface area (TPSA) is 66.8 Å². The lowest BCUT2D eigenvalue weighted by atomic mass is 10.1. The maximum absolute atomic E-state index is 13.2. The highest BCUT2D eigenvalue weighted by Gasteiger charge is 2.16. The van der Waals surface area contributed by atoms with Crippen LogP contribution in [0.1, 0.15) is 26.0 Å². The Kier molecular flexibility index (Phi) is 12.9. The minimum absolute atomic E-state index is 0. The third-order valence-electron chi connectivity index (χ3n) is 3.45. The molecular formula is C20H23F6NO4. The van der Waals surface area contributed by atoms with E-state index in [0.29, 0.717) is 18.2 Å². The van der Waals surface area contributed by atoms with Crippen molar-refractivity contribution >= 4 is 11.9 Å². The van der Waals surface area contributed by atoms with Crippen LogP contribution in [0.15, 0.2) is 24.3 Å². The average molecular weight is 455 g/mol. The Balaban J connectivity index is 0. The second kappa shape index (κ2) is 13.3. The van der Waals surface area contributed by atoms with Crippen molar-refractivity contribution in [3.05, 3.63) is 70.3 Å². The lowest BCUT2D eigenvalue weighted by molar-refractivity contribution is -0.167. The predicted molar refractivity (Wildman–Crippen MR) is 101 cm³/mol. The number of likely N-dealkylation sites (N-methyl/N-ethyl adjacent to an activating group) is 1. The van der Waals surface area contributed by atoms with E-state index < -0.39 is 65.2 Å². The van der Waals surface area contributed by atoms with Crippen LogP contribution in [0.3, 0.4) is 0 Å². The summed E-state index contributed by atoms with van der Waals surface area (Å²) in [6.07, 6.45) is -1.20. The molecule has 0 atom stereocenters. The van der Waals surface area contributed by atoms with Crippen LogP contribution in [0.2, 0.25) is 0 Å². The second-order valence-corrected chi connectivity index (χ2v) is 5.54. The van der Waals surface area contributed by atoms with Crippen LogP contribution in [-0.4, -0.2) is 36.2 Å². The van der Waals surface area contributed by atoms with E-state index in [0.717, 1.165) is 11.1 Å². The highest BCUT2D eigenvalue weighted by molar-refractivity contribution is 5.77. The molecule has 0 aliphatic heterocycles. The monoisotopic (exact) mass is 455 g/mol. The van der Waals surface area contributed by atoms with Crippen molar-refractivity contribution in [3.63, 3.8) is 0 Å². The van der Waals surface area contributed by atoms with Gasteiger partial charge in [0.1, 0.15) is 11.6 Å². The number of hydrogen-bond donors (Lipinski definition) is 1. The van der Waals surface area contributed by atoms with Crippen LogP contribution in [0.4, 0.5) is 26.3 Å². The standard InChI is InChI=1S/C10H10F3NO2.C8H5F3O2.2CH4/c1-14(16-2)9(15)4-6-3-7(11)5-8(12)10(6)13;9-5-1-4(2-7(12)13)8(11)6(10)3-5;;/h3,5H,4H2,1-2H3;1,3H,2H2,(H,12,13);2*1H4. The molecule has 0 aromatic heterocycles. The van der Waals surface area contributed by atoms with Crippen molar-refractivity contribution in [1.82, 2.24) is 5.06 Å². The molecule has 0 spiro atoms. The van der Waals surface area contributed by atoms with Gasteiger partial charge in [-0.25, -0.2) is 31.4 Å². The van der Waals surface area contributed by atoms with Crippen molar-refractivity contribution in [3.8, 4) is 0 Å². The van der Waals surface area contributed by atoms with E-state index in [9.17, 15) is 35.9 Å². The van der Waals surface area contributed by atoms with E-state index in [1.807, 2.05) is 0 Å². The second-order valence-electron chi connectivity index (χ2n) is 5.54. The fourth-order valence-electron chi connectivity index (χ4n) is 2.01. The Morgan fingerprint density at radius 2 is 1.23 bits per heavy atom. The SMILES string of the molecule is C.C.CON(C)C(=O)Cc1cc(F)cc(F)c1F.O=C(O)Cc1cc(F)cc(F)c1F. The van der Waals surface area contributed by atoms with Gasteiger partial charge < -0.3 is 5.11 Å². The fraction of sp³-hybridized carbons (Fsp3) is 0.300. The Morgan fingerprint density at radius 3 is 1.58 bits per heavy atom. The largest absolute Gasteiger partial charge is 0.481 e. The predicted octanol–water partition coefficient (Wildman–Crippen LogP) is 4.67. The number of rotatable bonds is 5. The number of aliphatic carboxylic acids is 1. The Labute approximate surface area is 175 Å². The molecule has 2 rings (SSSR count). The van der Waals surface area contributed by atoms with E-state index in [-0.39, 0.29) is 20.4 Å². The highest BCUT2D eigenvalue weighted by atomic mass is 19.2. The molecule has 2 aromatic carbocycles. The van der Waals surface area contributed by atoms with Gasteiger partial charge >= 0.3 is 5.97 Å². The number of carboxylic acids is 1. The van der Waals surface area contributed by atoms with E-state index >= 15 is 0 Å². The zero-order valence-corrected chi connectivity index (χ0v) is 15.1. The number of nitrogens with zero attached hydrogens (tertiary/aromatic N) is 1. The molecule has 2 aromatic rings. The molecule has 0 aliphatic rings. The van der Waals surface area contributed by atoms with Crippen LogP contribution in [0.5, 0.6) is 0 Å². The molecule has 0 fully saturated rings. The summed E-state index contributed by atoms with van der Waals surface area (Å²) < 4.78 is 76.4. The number of hydroxylamine groups is 2. The maximum atomic E-state index is 13.2. The molecule has 31 heavy (non-hydrogen) atoms. The van der Waals surface area contributed by atoms with Gasteiger partial charge in [-0.2, -0.15) is 0 Å². The van der Waals surface area contributed by atoms with Gasteiger partial charge in [-0.3, -0.25) is 14.4 Å². The first-order valence-corrected chi connectivity index (χ1v) is 7.75. The van der Waals surface area contributed by atoms with E-state index in [4.69, 9.17) is 5.11 Å². The van der Waals surface area contributed by atoms with Crippen LogP contribution in [-0.2, 0) is 27.3 Å². The number of carbonyl (C=O) groups is 2. The van der Waals surface area contributed by atoms with Gasteiger partial charge in [0, 0.05) is 30.3 Å². The molecule has 0 bridgehead atoms. The van der Waals surface area contributed by atoms with Gasteiger partial charge in [0.25, 0.3) is 0 Å². The smallest absolute Gasteiger partial charge is 0.307 e. The fourth-order valence-corrected chi connectivity index (χ4v) is 2.01. The third kappa shape index (κ3) is 9.08. The Morgan fingerprint density at radius 1 is 0.839 bits per heavy atom. The summed E-state index contributed by atoms with van der Waals surface area (Å²) in [7, 11) is 2.57. The molecular weight excluding hydrogens is 432 g/mol. The molecule has 11 heteroatoms. The quantitative estimate of drug-likeness (QED) is 0.404. The molecule has 174 valence electrons. The summed E-state index contributed by atoms with van der Waals surface area (Å²) in [6.45, 7) is 0. The van der Waals surface area contributed by atoms with Gasteiger partial charge in [-0.1, -0.05) is 14.9 Å². The first-order valence-electron chi connectivity index (χ1n) is 7.75. The van der Waals surface area contributed by atoms with Crippen molar-refractivity contribution in [2.75, 3.05) is 14.2 Å². The molecule has 1 N–H and O–H groups in total. The van der Waals surface area contributed by atoms with Gasteiger partial charge in [0.05, 0.1) is 20.0 Å². The minimum atomic E-state index is -1.38. The van der Waals surface area contributed by atoms with Crippen molar-refractivity contribution in [1.29, 1.82) is 0 Å². The van der Waals surface area contributed by atoms with Crippen LogP contribution in [0.25, 0.3) is 0 Å². The molecule has 0 heterocycles. The summed E-state index contributed by atoms with van der Waals surface area (Å²) in [5, 5.41) is 9.11. The van der Waals surface area contributed by atoms with Crippen molar-refractivity contribution < 1.29 is 45.9 Å². The zero-order valence-electron chi connectivity index (χ0n) is 15.1. The molecule has 0 aliphatic carbocycles. The third-order valence-corrected chi connectivity index (χ3v) is 3.45. The number of carbonyl (C=O) groups excluding carboxylic acids is 1. The van der Waals surface area contributed by atoms with Crippen LogP contribution in [0, 0.1) is 34.9 Å². The lowest BCUT2D eigenvalue weighted by Crippen LogP contribution is -2.27. The lowest BCUT2D eigenvalue weighted by Gasteiger charge is -2.13. The minimum Gasteiger partial charge on any atom is -0.481 e. The van der Waals surface area contributed by atoms with Crippen molar-refractivity contribution in [2.45, 2.75) is 27.7 Å².